The van der Waals surface area contributed by atoms with E-state index in [1.54, 1.807) is 0 Å². The molecule has 2 amide bonds. The number of carbonyl (C=O) groups is 2. The first-order valence-electron chi connectivity index (χ1n) is 6.53. The van der Waals surface area contributed by atoms with Crippen LogP contribution in [0.5, 0.6) is 5.75 Å². The van der Waals surface area contributed by atoms with E-state index in [9.17, 15) is 9.59 Å². The summed E-state index contributed by atoms with van der Waals surface area (Å²) in [6, 6.07) is 7.50. The number of amides is 2. The van der Waals surface area contributed by atoms with E-state index in [4.69, 9.17) is 4.74 Å². The van der Waals surface area contributed by atoms with Crippen LogP contribution in [0.15, 0.2) is 24.3 Å². The van der Waals surface area contributed by atoms with Crippen LogP contribution in [0.2, 0.25) is 0 Å². The predicted molar refractivity (Wildman–Crippen MR) is 68.9 cm³/mol. The third kappa shape index (κ3) is 2.41. The van der Waals surface area contributed by atoms with Crippen LogP contribution >= 0.6 is 0 Å². The first-order valence-corrected chi connectivity index (χ1v) is 6.53. The second kappa shape index (κ2) is 4.91. The van der Waals surface area contributed by atoms with Crippen molar-refractivity contribution in [3.05, 3.63) is 29.8 Å². The molecule has 0 radical (unpaired) electrons. The summed E-state index contributed by atoms with van der Waals surface area (Å²) in [7, 11) is 0. The minimum Gasteiger partial charge on any atom is -0.493 e. The molecule has 19 heavy (non-hydrogen) atoms. The second-order valence-corrected chi connectivity index (χ2v) is 4.95. The maximum Gasteiger partial charge on any atom is 0.242 e. The molecule has 1 aromatic rings. The lowest BCUT2D eigenvalue weighted by Gasteiger charge is -2.14. The van der Waals surface area contributed by atoms with Crippen LogP contribution < -0.4 is 15.4 Å². The van der Waals surface area contributed by atoms with E-state index in [1.807, 2.05) is 24.3 Å². The number of para-hydroxylation sites is 1. The van der Waals surface area contributed by atoms with Crippen LogP contribution in [0.1, 0.15) is 24.3 Å². The lowest BCUT2D eigenvalue weighted by molar-refractivity contribution is -0.125. The molecule has 100 valence electrons. The molecule has 2 heterocycles. The molecular weight excluding hydrogens is 244 g/mol. The van der Waals surface area contributed by atoms with E-state index < -0.39 is 0 Å². The number of hydrogen-bond donors (Lipinski definition) is 2. The van der Waals surface area contributed by atoms with Crippen LogP contribution in [0.25, 0.3) is 0 Å². The molecule has 2 unspecified atom stereocenters. The van der Waals surface area contributed by atoms with Gasteiger partial charge in [-0.2, -0.15) is 0 Å². The zero-order valence-corrected chi connectivity index (χ0v) is 10.5. The van der Waals surface area contributed by atoms with Gasteiger partial charge in [0.2, 0.25) is 11.8 Å². The molecule has 0 spiro atoms. The highest BCUT2D eigenvalue weighted by Gasteiger charge is 2.29. The van der Waals surface area contributed by atoms with E-state index in [0.717, 1.165) is 11.3 Å². The molecule has 5 heteroatoms. The molecule has 3 rings (SSSR count). The van der Waals surface area contributed by atoms with Crippen molar-refractivity contribution in [3.8, 4) is 5.75 Å². The van der Waals surface area contributed by atoms with Crippen LogP contribution in [-0.4, -0.2) is 31.0 Å². The molecule has 2 aliphatic rings. The molecule has 1 saturated heterocycles. The fraction of sp³-hybridized carbons (Fsp3) is 0.429. The highest BCUT2D eigenvalue weighted by atomic mass is 16.5. The Morgan fingerprint density at radius 1 is 1.42 bits per heavy atom. The van der Waals surface area contributed by atoms with Crippen LogP contribution in [0, 0.1) is 0 Å². The van der Waals surface area contributed by atoms with Gasteiger partial charge in [0.25, 0.3) is 0 Å². The molecule has 1 fully saturated rings. The highest BCUT2D eigenvalue weighted by molar-refractivity contribution is 5.90. The zero-order chi connectivity index (χ0) is 13.2. The zero-order valence-electron chi connectivity index (χ0n) is 10.5. The third-order valence-electron chi connectivity index (χ3n) is 3.63. The minimum atomic E-state index is -0.370. The summed E-state index contributed by atoms with van der Waals surface area (Å²) < 4.78 is 5.56. The fourth-order valence-corrected chi connectivity index (χ4v) is 2.56. The number of ether oxygens (including phenoxy) is 1. The van der Waals surface area contributed by atoms with E-state index in [2.05, 4.69) is 10.6 Å². The summed E-state index contributed by atoms with van der Waals surface area (Å²) in [5.41, 5.74) is 1.14. The van der Waals surface area contributed by atoms with Crippen molar-refractivity contribution in [1.29, 1.82) is 0 Å². The summed E-state index contributed by atoms with van der Waals surface area (Å²) >= 11 is 0. The van der Waals surface area contributed by atoms with Crippen LogP contribution in [0.4, 0.5) is 0 Å². The van der Waals surface area contributed by atoms with Gasteiger partial charge in [-0.25, -0.2) is 0 Å². The van der Waals surface area contributed by atoms with Crippen LogP contribution in [-0.2, 0) is 9.59 Å². The Kier molecular flexibility index (Phi) is 3.11. The molecule has 0 aromatic heterocycles. The minimum absolute atomic E-state index is 0.0466. The van der Waals surface area contributed by atoms with Crippen molar-refractivity contribution in [3.63, 3.8) is 0 Å². The number of fused-ring (bicyclic) bond motifs is 1. The van der Waals surface area contributed by atoms with E-state index in [1.165, 1.54) is 0 Å². The summed E-state index contributed by atoms with van der Waals surface area (Å²) in [6.45, 7) is 1.14. The lowest BCUT2D eigenvalue weighted by Crippen LogP contribution is -2.43. The smallest absolute Gasteiger partial charge is 0.242 e. The molecular formula is C14H16N2O3. The standard InChI is InChI=1S/C14H16N2O3/c17-13-6-5-11(16-13)14(18)15-7-9-8-19-12-4-2-1-3-10(9)12/h1-4,9,11H,5-8H2,(H,15,18)(H,16,17). The Labute approximate surface area is 111 Å². The van der Waals surface area contributed by atoms with E-state index >= 15 is 0 Å². The summed E-state index contributed by atoms with van der Waals surface area (Å²) in [6.07, 6.45) is 1.02. The second-order valence-electron chi connectivity index (χ2n) is 4.95. The van der Waals surface area contributed by atoms with Crippen molar-refractivity contribution in [2.75, 3.05) is 13.2 Å². The van der Waals surface area contributed by atoms with Crippen LogP contribution in [0.3, 0.4) is 0 Å². The van der Waals surface area contributed by atoms with Gasteiger partial charge in [-0.1, -0.05) is 18.2 Å². The Hall–Kier alpha value is -2.04. The largest absolute Gasteiger partial charge is 0.493 e. The van der Waals surface area contributed by atoms with Gasteiger partial charge in [-0.15, -0.1) is 0 Å². The molecule has 2 aliphatic heterocycles. The van der Waals surface area contributed by atoms with Gasteiger partial charge in [0.1, 0.15) is 11.8 Å². The van der Waals surface area contributed by atoms with Crippen molar-refractivity contribution in [2.24, 2.45) is 0 Å². The molecule has 0 bridgehead atoms. The van der Waals surface area contributed by atoms with E-state index in [-0.39, 0.29) is 23.8 Å². The summed E-state index contributed by atoms with van der Waals surface area (Å²) in [5.74, 6) is 0.943. The van der Waals surface area contributed by atoms with Crippen molar-refractivity contribution < 1.29 is 14.3 Å². The van der Waals surface area contributed by atoms with Gasteiger partial charge < -0.3 is 15.4 Å². The average molecular weight is 260 g/mol. The number of carbonyl (C=O) groups excluding carboxylic acids is 2. The molecule has 1 aromatic carbocycles. The Bertz CT molecular complexity index is 515. The van der Waals surface area contributed by atoms with Gasteiger partial charge in [0.05, 0.1) is 6.61 Å². The van der Waals surface area contributed by atoms with Gasteiger partial charge in [-0.05, 0) is 12.5 Å². The number of nitrogens with one attached hydrogen (secondary N) is 2. The van der Waals surface area contributed by atoms with Crippen molar-refractivity contribution in [2.45, 2.75) is 24.8 Å². The molecule has 0 aliphatic carbocycles. The maximum absolute atomic E-state index is 11.9. The quantitative estimate of drug-likeness (QED) is 0.834. The Balaban J connectivity index is 1.56. The molecule has 0 saturated carbocycles. The maximum atomic E-state index is 11.9. The highest BCUT2D eigenvalue weighted by Crippen LogP contribution is 2.32. The van der Waals surface area contributed by atoms with Crippen molar-refractivity contribution >= 4 is 11.8 Å². The summed E-state index contributed by atoms with van der Waals surface area (Å²) in [5, 5.41) is 5.56. The number of hydrogen-bond acceptors (Lipinski definition) is 3. The van der Waals surface area contributed by atoms with E-state index in [0.29, 0.717) is 26.0 Å². The van der Waals surface area contributed by atoms with Gasteiger partial charge in [0.15, 0.2) is 0 Å². The Morgan fingerprint density at radius 2 is 2.26 bits per heavy atom. The predicted octanol–water partition coefficient (Wildman–Crippen LogP) is 0.557. The normalized spacial score (nSPS) is 24.5. The molecule has 2 N–H and O–H groups in total. The summed E-state index contributed by atoms with van der Waals surface area (Å²) in [4.78, 5) is 23.0. The number of benzene rings is 1. The third-order valence-corrected chi connectivity index (χ3v) is 3.63. The first-order chi connectivity index (χ1) is 9.24. The Morgan fingerprint density at radius 3 is 3.05 bits per heavy atom. The van der Waals surface area contributed by atoms with Gasteiger partial charge in [-0.3, -0.25) is 9.59 Å². The average Bonchev–Trinajstić information content (AvgIpc) is 3.02. The topological polar surface area (TPSA) is 67.4 Å². The molecule has 5 nitrogen and oxygen atoms in total. The fourth-order valence-electron chi connectivity index (χ4n) is 2.56. The number of rotatable bonds is 3. The van der Waals surface area contributed by atoms with Crippen molar-refractivity contribution in [1.82, 2.24) is 10.6 Å². The monoisotopic (exact) mass is 260 g/mol. The first kappa shape index (κ1) is 12.0. The lowest BCUT2D eigenvalue weighted by atomic mass is 10.0. The molecule has 2 atom stereocenters. The SMILES string of the molecule is O=C1CCC(C(=O)NCC2COc3ccccc32)N1. The van der Waals surface area contributed by atoms with Gasteiger partial charge >= 0.3 is 0 Å². The van der Waals surface area contributed by atoms with Gasteiger partial charge in [0, 0.05) is 24.4 Å².